The summed E-state index contributed by atoms with van der Waals surface area (Å²) in [6.45, 7) is 1.42. The summed E-state index contributed by atoms with van der Waals surface area (Å²) in [6.07, 6.45) is 1.60. The Bertz CT molecular complexity index is 772. The van der Waals surface area contributed by atoms with E-state index in [1.165, 1.54) is 11.1 Å². The summed E-state index contributed by atoms with van der Waals surface area (Å²) in [5.74, 6) is 0.111. The minimum absolute atomic E-state index is 0.0534. The summed E-state index contributed by atoms with van der Waals surface area (Å²) >= 11 is 0. The van der Waals surface area contributed by atoms with E-state index in [0.29, 0.717) is 13.1 Å². The van der Waals surface area contributed by atoms with E-state index >= 15 is 0 Å². The average molecular weight is 320 g/mol. The SMILES string of the molecule is O=C1[C@H]2c3ccccc3CCN2C(=O)CN1CCc1ccccc1. The Labute approximate surface area is 141 Å². The van der Waals surface area contributed by atoms with Gasteiger partial charge in [0.1, 0.15) is 6.04 Å². The number of fused-ring (bicyclic) bond motifs is 3. The molecule has 2 aromatic carbocycles. The van der Waals surface area contributed by atoms with Crippen LogP contribution in [0.1, 0.15) is 22.7 Å². The van der Waals surface area contributed by atoms with Crippen LogP contribution in [0.15, 0.2) is 54.6 Å². The Hall–Kier alpha value is -2.62. The van der Waals surface area contributed by atoms with Gasteiger partial charge >= 0.3 is 0 Å². The van der Waals surface area contributed by atoms with Gasteiger partial charge in [-0.2, -0.15) is 0 Å². The molecule has 0 unspecified atom stereocenters. The van der Waals surface area contributed by atoms with Crippen molar-refractivity contribution in [2.75, 3.05) is 19.6 Å². The monoisotopic (exact) mass is 320 g/mol. The van der Waals surface area contributed by atoms with Crippen LogP contribution >= 0.6 is 0 Å². The first-order chi connectivity index (χ1) is 11.7. The number of carbonyl (C=O) groups excluding carboxylic acids is 2. The van der Waals surface area contributed by atoms with Crippen LogP contribution in [0.4, 0.5) is 0 Å². The smallest absolute Gasteiger partial charge is 0.250 e. The molecule has 2 heterocycles. The molecule has 24 heavy (non-hydrogen) atoms. The van der Waals surface area contributed by atoms with Crippen LogP contribution in [-0.2, 0) is 22.4 Å². The predicted molar refractivity (Wildman–Crippen MR) is 91.3 cm³/mol. The van der Waals surface area contributed by atoms with Crippen molar-refractivity contribution in [3.05, 3.63) is 71.3 Å². The Morgan fingerprint density at radius 2 is 1.71 bits per heavy atom. The zero-order valence-corrected chi connectivity index (χ0v) is 13.5. The number of hydrogen-bond donors (Lipinski definition) is 0. The second-order valence-corrected chi connectivity index (χ2v) is 6.43. The quantitative estimate of drug-likeness (QED) is 0.870. The largest absolute Gasteiger partial charge is 0.331 e. The molecule has 4 heteroatoms. The van der Waals surface area contributed by atoms with E-state index in [1.54, 1.807) is 9.80 Å². The average Bonchev–Trinajstić information content (AvgIpc) is 2.63. The van der Waals surface area contributed by atoms with E-state index in [-0.39, 0.29) is 18.4 Å². The molecule has 1 atom stereocenters. The summed E-state index contributed by atoms with van der Waals surface area (Å²) in [5.41, 5.74) is 3.36. The second kappa shape index (κ2) is 6.11. The Morgan fingerprint density at radius 1 is 0.958 bits per heavy atom. The number of piperazine rings is 1. The molecule has 4 nitrogen and oxygen atoms in total. The molecule has 2 aliphatic rings. The van der Waals surface area contributed by atoms with Crippen molar-refractivity contribution >= 4 is 11.8 Å². The summed E-state index contributed by atoms with van der Waals surface area (Å²) < 4.78 is 0. The third kappa shape index (κ3) is 2.58. The molecule has 0 bridgehead atoms. The van der Waals surface area contributed by atoms with Crippen LogP contribution in [0.5, 0.6) is 0 Å². The standard InChI is InChI=1S/C20H20N2O2/c23-18-14-21(12-10-15-6-2-1-3-7-15)20(24)19-17-9-5-4-8-16(17)11-13-22(18)19/h1-9,19H,10-14H2/t19-/m1/s1. The van der Waals surface area contributed by atoms with Gasteiger partial charge in [-0.05, 0) is 29.5 Å². The minimum Gasteiger partial charge on any atom is -0.331 e. The highest BCUT2D eigenvalue weighted by atomic mass is 16.2. The number of carbonyl (C=O) groups is 2. The van der Waals surface area contributed by atoms with Crippen LogP contribution in [0, 0.1) is 0 Å². The van der Waals surface area contributed by atoms with Crippen LogP contribution in [0.2, 0.25) is 0 Å². The third-order valence-corrected chi connectivity index (χ3v) is 4.99. The predicted octanol–water partition coefficient (Wildman–Crippen LogP) is 2.20. The van der Waals surface area contributed by atoms with E-state index in [2.05, 4.69) is 18.2 Å². The Morgan fingerprint density at radius 3 is 2.54 bits per heavy atom. The highest BCUT2D eigenvalue weighted by Crippen LogP contribution is 2.33. The number of amides is 2. The van der Waals surface area contributed by atoms with E-state index in [4.69, 9.17) is 0 Å². The molecular formula is C20H20N2O2. The fourth-order valence-corrected chi connectivity index (χ4v) is 3.70. The first-order valence-corrected chi connectivity index (χ1v) is 8.44. The van der Waals surface area contributed by atoms with Gasteiger partial charge in [0.25, 0.3) is 5.91 Å². The van der Waals surface area contributed by atoms with Gasteiger partial charge in [-0.1, -0.05) is 54.6 Å². The maximum atomic E-state index is 13.0. The minimum atomic E-state index is -0.438. The van der Waals surface area contributed by atoms with E-state index < -0.39 is 6.04 Å². The van der Waals surface area contributed by atoms with Crippen LogP contribution in [0.3, 0.4) is 0 Å². The fourth-order valence-electron chi connectivity index (χ4n) is 3.70. The first-order valence-electron chi connectivity index (χ1n) is 8.44. The van der Waals surface area contributed by atoms with Gasteiger partial charge in [0.05, 0.1) is 6.54 Å². The molecule has 2 amide bonds. The molecule has 0 radical (unpaired) electrons. The number of benzene rings is 2. The van der Waals surface area contributed by atoms with Gasteiger partial charge in [-0.3, -0.25) is 9.59 Å². The van der Waals surface area contributed by atoms with E-state index in [9.17, 15) is 9.59 Å². The van der Waals surface area contributed by atoms with Crippen molar-refractivity contribution in [1.29, 1.82) is 0 Å². The molecule has 122 valence electrons. The molecule has 2 aromatic rings. The molecule has 0 aromatic heterocycles. The molecule has 1 saturated heterocycles. The van der Waals surface area contributed by atoms with Gasteiger partial charge in [0.2, 0.25) is 5.91 Å². The van der Waals surface area contributed by atoms with Gasteiger partial charge in [0, 0.05) is 13.1 Å². The summed E-state index contributed by atoms with van der Waals surface area (Å²) in [5, 5.41) is 0. The molecule has 0 aliphatic carbocycles. The summed E-state index contributed by atoms with van der Waals surface area (Å²) in [4.78, 5) is 29.0. The Balaban J connectivity index is 1.57. The van der Waals surface area contributed by atoms with Gasteiger partial charge in [0.15, 0.2) is 0 Å². The molecule has 4 rings (SSSR count). The highest BCUT2D eigenvalue weighted by molar-refractivity contribution is 5.96. The van der Waals surface area contributed by atoms with Crippen LogP contribution < -0.4 is 0 Å². The molecule has 2 aliphatic heterocycles. The second-order valence-electron chi connectivity index (χ2n) is 6.43. The lowest BCUT2D eigenvalue weighted by Crippen LogP contribution is -2.57. The molecular weight excluding hydrogens is 300 g/mol. The van der Waals surface area contributed by atoms with Crippen molar-refractivity contribution in [2.24, 2.45) is 0 Å². The summed E-state index contributed by atoms with van der Waals surface area (Å²) in [7, 11) is 0. The maximum absolute atomic E-state index is 13.0. The van der Waals surface area contributed by atoms with Crippen molar-refractivity contribution in [2.45, 2.75) is 18.9 Å². The van der Waals surface area contributed by atoms with Crippen molar-refractivity contribution < 1.29 is 9.59 Å². The van der Waals surface area contributed by atoms with Crippen LogP contribution in [-0.4, -0.2) is 41.2 Å². The molecule has 0 N–H and O–H groups in total. The van der Waals surface area contributed by atoms with E-state index in [1.807, 2.05) is 36.4 Å². The van der Waals surface area contributed by atoms with Crippen LogP contribution in [0.25, 0.3) is 0 Å². The van der Waals surface area contributed by atoms with Gasteiger partial charge in [-0.15, -0.1) is 0 Å². The molecule has 0 spiro atoms. The maximum Gasteiger partial charge on any atom is 0.250 e. The van der Waals surface area contributed by atoms with Crippen molar-refractivity contribution in [1.82, 2.24) is 9.80 Å². The first kappa shape index (κ1) is 14.9. The van der Waals surface area contributed by atoms with Gasteiger partial charge in [-0.25, -0.2) is 0 Å². The van der Waals surface area contributed by atoms with Crippen molar-refractivity contribution in [3.8, 4) is 0 Å². The zero-order chi connectivity index (χ0) is 16.5. The van der Waals surface area contributed by atoms with E-state index in [0.717, 1.165) is 18.4 Å². The Kier molecular flexibility index (Phi) is 3.81. The normalized spacial score (nSPS) is 19.9. The molecule has 1 fully saturated rings. The lowest BCUT2D eigenvalue weighted by molar-refractivity contribution is -0.156. The third-order valence-electron chi connectivity index (χ3n) is 4.99. The number of nitrogens with zero attached hydrogens (tertiary/aromatic N) is 2. The lowest BCUT2D eigenvalue weighted by atomic mass is 9.90. The number of hydrogen-bond acceptors (Lipinski definition) is 2. The summed E-state index contributed by atoms with van der Waals surface area (Å²) in [6, 6.07) is 17.6. The van der Waals surface area contributed by atoms with Gasteiger partial charge < -0.3 is 9.80 Å². The highest BCUT2D eigenvalue weighted by Gasteiger charge is 2.42. The topological polar surface area (TPSA) is 40.6 Å². The van der Waals surface area contributed by atoms with Crippen molar-refractivity contribution in [3.63, 3.8) is 0 Å². The lowest BCUT2D eigenvalue weighted by Gasteiger charge is -2.43. The molecule has 0 saturated carbocycles. The fraction of sp³-hybridized carbons (Fsp3) is 0.300. The number of rotatable bonds is 3. The zero-order valence-electron chi connectivity index (χ0n) is 13.5.